The SMILES string of the molecule is Cc1nn(C)nc1C(C)(F)[S+]([O-])/C(=N/O)C(F)C(C)(C)C. The van der Waals surface area contributed by atoms with Crippen molar-refractivity contribution in [3.05, 3.63) is 11.4 Å². The monoisotopic (exact) mass is 322 g/mol. The lowest BCUT2D eigenvalue weighted by atomic mass is 9.91. The standard InChI is InChI=1S/C12H20F2N4O2S/c1-7-9(16-18(6)15-7)12(5,14)21(20)10(17-19)8(13)11(2,3)4/h8,19H,1-6H3/b17-10+. The van der Waals surface area contributed by atoms with E-state index in [1.807, 2.05) is 0 Å². The largest absolute Gasteiger partial charge is 0.607 e. The van der Waals surface area contributed by atoms with E-state index in [1.54, 1.807) is 0 Å². The highest BCUT2D eigenvalue weighted by Crippen LogP contribution is 2.37. The van der Waals surface area contributed by atoms with E-state index in [4.69, 9.17) is 5.21 Å². The average molecular weight is 322 g/mol. The van der Waals surface area contributed by atoms with Gasteiger partial charge in [0.25, 0.3) is 5.04 Å². The van der Waals surface area contributed by atoms with Crippen molar-refractivity contribution in [1.82, 2.24) is 15.0 Å². The Labute approximate surface area is 125 Å². The molecule has 0 aromatic carbocycles. The molecule has 0 spiro atoms. The lowest BCUT2D eigenvalue weighted by Gasteiger charge is -2.28. The van der Waals surface area contributed by atoms with Gasteiger partial charge in [0.1, 0.15) is 0 Å². The summed E-state index contributed by atoms with van der Waals surface area (Å²) in [5, 5.41) is 16.1. The second kappa shape index (κ2) is 5.88. The predicted molar refractivity (Wildman–Crippen MR) is 75.9 cm³/mol. The zero-order valence-corrected chi connectivity index (χ0v) is 13.7. The number of halogens is 2. The highest BCUT2D eigenvalue weighted by atomic mass is 32.2. The topological polar surface area (TPSA) is 86.4 Å². The molecule has 0 aliphatic rings. The molecule has 3 atom stereocenters. The Kier molecular flexibility index (Phi) is 4.99. The van der Waals surface area contributed by atoms with Crippen LogP contribution in [0.3, 0.4) is 0 Å². The van der Waals surface area contributed by atoms with E-state index in [0.717, 1.165) is 11.7 Å². The van der Waals surface area contributed by atoms with Crippen molar-refractivity contribution in [1.29, 1.82) is 0 Å². The molecule has 0 radical (unpaired) electrons. The molecule has 0 aliphatic heterocycles. The third-order valence-electron chi connectivity index (χ3n) is 2.92. The first-order chi connectivity index (χ1) is 9.42. The van der Waals surface area contributed by atoms with Gasteiger partial charge in [0, 0.05) is 19.4 Å². The first-order valence-corrected chi connectivity index (χ1v) is 7.43. The number of aryl methyl sites for hydroxylation is 2. The van der Waals surface area contributed by atoms with Crippen molar-refractivity contribution >= 4 is 16.2 Å². The number of alkyl halides is 2. The first kappa shape index (κ1) is 17.8. The molecule has 120 valence electrons. The van der Waals surface area contributed by atoms with Gasteiger partial charge in [-0.3, -0.25) is 0 Å². The minimum absolute atomic E-state index is 0.175. The zero-order valence-electron chi connectivity index (χ0n) is 12.9. The molecule has 1 heterocycles. The van der Waals surface area contributed by atoms with Crippen LogP contribution in [0, 0.1) is 12.3 Å². The van der Waals surface area contributed by atoms with E-state index in [2.05, 4.69) is 15.4 Å². The Bertz CT molecular complexity index is 540. The van der Waals surface area contributed by atoms with E-state index in [1.165, 1.54) is 34.7 Å². The van der Waals surface area contributed by atoms with Crippen molar-refractivity contribution in [3.63, 3.8) is 0 Å². The summed E-state index contributed by atoms with van der Waals surface area (Å²) in [4.78, 5) is 1.13. The molecular formula is C12H20F2N4O2S. The highest BCUT2D eigenvalue weighted by molar-refractivity contribution is 8.07. The number of oxime groups is 1. The molecule has 1 rings (SSSR count). The molecule has 6 nitrogen and oxygen atoms in total. The van der Waals surface area contributed by atoms with Gasteiger partial charge in [-0.05, 0) is 12.1 Å². The molecule has 0 fully saturated rings. The Hall–Kier alpha value is -1.22. The van der Waals surface area contributed by atoms with Gasteiger partial charge in [0.05, 0.1) is 16.9 Å². The minimum Gasteiger partial charge on any atom is -0.607 e. The summed E-state index contributed by atoms with van der Waals surface area (Å²) in [6.45, 7) is 7.10. The van der Waals surface area contributed by atoms with E-state index < -0.39 is 32.8 Å². The van der Waals surface area contributed by atoms with Gasteiger partial charge in [0.2, 0.25) is 0 Å². The Morgan fingerprint density at radius 2 is 1.90 bits per heavy atom. The maximum Gasteiger partial charge on any atom is 0.312 e. The molecule has 0 aliphatic carbocycles. The first-order valence-electron chi connectivity index (χ1n) is 6.28. The van der Waals surface area contributed by atoms with E-state index >= 15 is 0 Å². The van der Waals surface area contributed by atoms with Crippen molar-refractivity contribution in [2.45, 2.75) is 45.8 Å². The summed E-state index contributed by atoms with van der Waals surface area (Å²) in [5.41, 5.74) is -0.921. The van der Waals surface area contributed by atoms with Gasteiger partial charge in [-0.2, -0.15) is 14.3 Å². The van der Waals surface area contributed by atoms with Crippen molar-refractivity contribution in [2.75, 3.05) is 0 Å². The summed E-state index contributed by atoms with van der Waals surface area (Å²) in [6.07, 6.45) is -1.87. The summed E-state index contributed by atoms with van der Waals surface area (Å²) in [5.74, 6) is 0. The van der Waals surface area contributed by atoms with Gasteiger partial charge in [-0.25, -0.2) is 4.39 Å². The number of rotatable bonds is 3. The van der Waals surface area contributed by atoms with Crippen LogP contribution in [0.25, 0.3) is 0 Å². The molecular weight excluding hydrogens is 302 g/mol. The molecule has 21 heavy (non-hydrogen) atoms. The summed E-state index contributed by atoms with van der Waals surface area (Å²) < 4.78 is 41.6. The normalized spacial score (nSPS) is 19.2. The van der Waals surface area contributed by atoms with Crippen LogP contribution in [0.4, 0.5) is 8.78 Å². The fraction of sp³-hybridized carbons (Fsp3) is 0.750. The predicted octanol–water partition coefficient (Wildman–Crippen LogP) is 2.19. The van der Waals surface area contributed by atoms with Gasteiger partial charge in [0.15, 0.2) is 11.9 Å². The zero-order chi connectivity index (χ0) is 16.6. The highest BCUT2D eigenvalue weighted by Gasteiger charge is 2.51. The third-order valence-corrected chi connectivity index (χ3v) is 4.48. The van der Waals surface area contributed by atoms with Crippen LogP contribution in [-0.4, -0.2) is 36.0 Å². The number of aromatic nitrogens is 3. The Morgan fingerprint density at radius 3 is 2.24 bits per heavy atom. The number of nitrogens with zero attached hydrogens (tertiary/aromatic N) is 4. The second-order valence-electron chi connectivity index (χ2n) is 5.98. The van der Waals surface area contributed by atoms with Crippen LogP contribution in [0.15, 0.2) is 5.16 Å². The smallest absolute Gasteiger partial charge is 0.312 e. The summed E-state index contributed by atoms with van der Waals surface area (Å²) >= 11 is -2.55. The van der Waals surface area contributed by atoms with Crippen molar-refractivity contribution < 1.29 is 18.5 Å². The number of hydrogen-bond donors (Lipinski definition) is 1. The molecule has 1 aromatic heterocycles. The third kappa shape index (κ3) is 3.52. The van der Waals surface area contributed by atoms with Crippen LogP contribution in [0.5, 0.6) is 0 Å². The van der Waals surface area contributed by atoms with Gasteiger partial charge in [-0.15, -0.1) is 5.10 Å². The molecule has 9 heteroatoms. The fourth-order valence-corrected chi connectivity index (χ4v) is 3.13. The molecule has 0 bridgehead atoms. The Balaban J connectivity index is 3.21. The molecule has 0 saturated carbocycles. The lowest BCUT2D eigenvalue weighted by molar-refractivity contribution is 0.219. The molecule has 0 saturated heterocycles. The van der Waals surface area contributed by atoms with E-state index in [9.17, 15) is 13.3 Å². The van der Waals surface area contributed by atoms with Crippen molar-refractivity contribution in [3.8, 4) is 0 Å². The maximum absolute atomic E-state index is 14.9. The van der Waals surface area contributed by atoms with Crippen LogP contribution in [0.1, 0.15) is 39.1 Å². The van der Waals surface area contributed by atoms with Crippen LogP contribution in [0.2, 0.25) is 0 Å². The van der Waals surface area contributed by atoms with Crippen LogP contribution >= 0.6 is 0 Å². The average Bonchev–Trinajstić information content (AvgIpc) is 2.68. The fourth-order valence-electron chi connectivity index (χ4n) is 1.75. The van der Waals surface area contributed by atoms with E-state index in [0.29, 0.717) is 0 Å². The number of hydrogen-bond acceptors (Lipinski definition) is 5. The summed E-state index contributed by atoms with van der Waals surface area (Å²) in [7, 11) is 1.49. The minimum atomic E-state index is -2.55. The second-order valence-corrected chi connectivity index (χ2v) is 7.70. The molecule has 0 amide bonds. The van der Waals surface area contributed by atoms with Crippen molar-refractivity contribution in [2.24, 2.45) is 17.6 Å². The quantitative estimate of drug-likeness (QED) is 0.304. The summed E-state index contributed by atoms with van der Waals surface area (Å²) in [6, 6.07) is 0. The van der Waals surface area contributed by atoms with Crippen LogP contribution in [-0.2, 0) is 23.2 Å². The molecule has 3 unspecified atom stereocenters. The molecule has 1 N–H and O–H groups in total. The lowest BCUT2D eigenvalue weighted by Crippen LogP contribution is -2.43. The maximum atomic E-state index is 14.9. The van der Waals surface area contributed by atoms with E-state index in [-0.39, 0.29) is 11.4 Å². The molecule has 1 aromatic rings. The van der Waals surface area contributed by atoms with Crippen LogP contribution < -0.4 is 0 Å². The van der Waals surface area contributed by atoms with Gasteiger partial charge < -0.3 is 9.76 Å². The van der Waals surface area contributed by atoms with Gasteiger partial charge in [-0.1, -0.05) is 20.8 Å². The Morgan fingerprint density at radius 1 is 1.38 bits per heavy atom. The van der Waals surface area contributed by atoms with Gasteiger partial charge >= 0.3 is 5.00 Å².